The molecular formula is C11H16IN. The molecule has 0 aliphatic heterocycles. The Bertz CT molecular complexity index is 288. The maximum atomic E-state index is 4.44. The molecule has 2 heteroatoms. The fourth-order valence-corrected chi connectivity index (χ4v) is 1.94. The number of pyridine rings is 1. The summed E-state index contributed by atoms with van der Waals surface area (Å²) in [6.07, 6.45) is 1.87. The van der Waals surface area contributed by atoms with Gasteiger partial charge in [0, 0.05) is 15.7 Å². The van der Waals surface area contributed by atoms with Crippen molar-refractivity contribution in [2.75, 3.05) is 0 Å². The largest absolute Gasteiger partial charge is 0.260 e. The van der Waals surface area contributed by atoms with Crippen LogP contribution in [0.3, 0.4) is 0 Å². The Hall–Kier alpha value is -0.120. The molecule has 1 heterocycles. The van der Waals surface area contributed by atoms with E-state index in [4.69, 9.17) is 0 Å². The molecule has 0 aliphatic carbocycles. The van der Waals surface area contributed by atoms with Crippen molar-refractivity contribution in [3.8, 4) is 0 Å². The lowest BCUT2D eigenvalue weighted by Crippen LogP contribution is -2.17. The van der Waals surface area contributed by atoms with Crippen LogP contribution in [-0.2, 0) is 0 Å². The van der Waals surface area contributed by atoms with Crippen LogP contribution in [0.25, 0.3) is 0 Å². The number of nitrogens with zero attached hydrogens (tertiary/aromatic N) is 1. The van der Waals surface area contributed by atoms with Crippen molar-refractivity contribution >= 4 is 22.6 Å². The summed E-state index contributed by atoms with van der Waals surface area (Å²) in [6, 6.07) is 4.10. The van der Waals surface area contributed by atoms with Gasteiger partial charge in [0.1, 0.15) is 0 Å². The summed E-state index contributed by atoms with van der Waals surface area (Å²) < 4.78 is 1.27. The molecule has 0 N–H and O–H groups in total. The van der Waals surface area contributed by atoms with Crippen LogP contribution in [-0.4, -0.2) is 4.98 Å². The number of rotatable bonds is 1. The standard InChI is InChI=1S/C11H16IN/c1-8(11(2,3)4)10-9(12)6-5-7-13-10/h5-8H,1-4H3. The molecule has 0 radical (unpaired) electrons. The summed E-state index contributed by atoms with van der Waals surface area (Å²) in [5.74, 6) is 0.501. The van der Waals surface area contributed by atoms with Gasteiger partial charge in [0.15, 0.2) is 0 Å². The minimum absolute atomic E-state index is 0.286. The van der Waals surface area contributed by atoms with Crippen LogP contribution < -0.4 is 0 Å². The molecule has 1 atom stereocenters. The van der Waals surface area contributed by atoms with Gasteiger partial charge in [0.25, 0.3) is 0 Å². The van der Waals surface area contributed by atoms with E-state index in [1.165, 1.54) is 9.26 Å². The van der Waals surface area contributed by atoms with Gasteiger partial charge in [-0.3, -0.25) is 4.98 Å². The van der Waals surface area contributed by atoms with E-state index in [9.17, 15) is 0 Å². The molecule has 0 aliphatic rings. The quantitative estimate of drug-likeness (QED) is 0.716. The summed E-state index contributed by atoms with van der Waals surface area (Å²) in [4.78, 5) is 4.44. The summed E-state index contributed by atoms with van der Waals surface area (Å²) in [6.45, 7) is 9.00. The van der Waals surface area contributed by atoms with Gasteiger partial charge in [-0.15, -0.1) is 0 Å². The Kier molecular flexibility index (Phi) is 3.33. The summed E-state index contributed by atoms with van der Waals surface area (Å²) in [5, 5.41) is 0. The topological polar surface area (TPSA) is 12.9 Å². The average Bonchev–Trinajstić information content (AvgIpc) is 2.02. The first-order chi connectivity index (χ1) is 5.93. The zero-order valence-corrected chi connectivity index (χ0v) is 10.8. The highest BCUT2D eigenvalue weighted by molar-refractivity contribution is 14.1. The first-order valence-corrected chi connectivity index (χ1v) is 5.61. The van der Waals surface area contributed by atoms with Crippen molar-refractivity contribution in [2.45, 2.75) is 33.6 Å². The van der Waals surface area contributed by atoms with E-state index in [0.717, 1.165) is 0 Å². The normalized spacial score (nSPS) is 14.2. The average molecular weight is 289 g/mol. The van der Waals surface area contributed by atoms with Crippen LogP contribution in [0, 0.1) is 8.99 Å². The van der Waals surface area contributed by atoms with Gasteiger partial charge in [-0.05, 0) is 40.1 Å². The van der Waals surface area contributed by atoms with Crippen LogP contribution in [0.5, 0.6) is 0 Å². The molecule has 13 heavy (non-hydrogen) atoms. The maximum Gasteiger partial charge on any atom is 0.0570 e. The zero-order valence-electron chi connectivity index (χ0n) is 8.63. The number of hydrogen-bond donors (Lipinski definition) is 0. The number of halogens is 1. The smallest absolute Gasteiger partial charge is 0.0570 e. The Morgan fingerprint density at radius 3 is 2.46 bits per heavy atom. The van der Waals surface area contributed by atoms with Crippen LogP contribution in [0.1, 0.15) is 39.3 Å². The van der Waals surface area contributed by atoms with Crippen molar-refractivity contribution in [3.05, 3.63) is 27.6 Å². The molecule has 0 amide bonds. The molecule has 1 aromatic rings. The number of hydrogen-bond acceptors (Lipinski definition) is 1. The molecule has 0 bridgehead atoms. The monoisotopic (exact) mass is 289 g/mol. The molecule has 0 saturated heterocycles. The maximum absolute atomic E-state index is 4.44. The predicted octanol–water partition coefficient (Wildman–Crippen LogP) is 3.84. The van der Waals surface area contributed by atoms with E-state index in [1.807, 2.05) is 12.3 Å². The second-order valence-electron chi connectivity index (χ2n) is 4.46. The Labute approximate surface area is 94.1 Å². The van der Waals surface area contributed by atoms with Crippen molar-refractivity contribution in [1.82, 2.24) is 4.98 Å². The van der Waals surface area contributed by atoms with Gasteiger partial charge in [-0.25, -0.2) is 0 Å². The lowest BCUT2D eigenvalue weighted by atomic mass is 9.80. The molecular weight excluding hydrogens is 273 g/mol. The van der Waals surface area contributed by atoms with Gasteiger partial charge >= 0.3 is 0 Å². The highest BCUT2D eigenvalue weighted by Gasteiger charge is 2.24. The van der Waals surface area contributed by atoms with Crippen LogP contribution >= 0.6 is 22.6 Å². The third-order valence-electron chi connectivity index (χ3n) is 2.50. The fraction of sp³-hybridized carbons (Fsp3) is 0.545. The summed E-state index contributed by atoms with van der Waals surface area (Å²) in [5.41, 5.74) is 1.50. The van der Waals surface area contributed by atoms with E-state index in [1.54, 1.807) is 0 Å². The van der Waals surface area contributed by atoms with Gasteiger partial charge < -0.3 is 0 Å². The van der Waals surface area contributed by atoms with E-state index < -0.39 is 0 Å². The van der Waals surface area contributed by atoms with Crippen LogP contribution in [0.2, 0.25) is 0 Å². The Morgan fingerprint density at radius 2 is 2.00 bits per heavy atom. The highest BCUT2D eigenvalue weighted by Crippen LogP contribution is 2.34. The van der Waals surface area contributed by atoms with E-state index in [-0.39, 0.29) is 5.41 Å². The molecule has 72 valence electrons. The zero-order chi connectivity index (χ0) is 10.1. The predicted molar refractivity (Wildman–Crippen MR) is 64.8 cm³/mol. The lowest BCUT2D eigenvalue weighted by Gasteiger charge is -2.27. The van der Waals surface area contributed by atoms with Crippen molar-refractivity contribution in [1.29, 1.82) is 0 Å². The second kappa shape index (κ2) is 3.95. The van der Waals surface area contributed by atoms with Gasteiger partial charge in [0.2, 0.25) is 0 Å². The molecule has 0 aromatic carbocycles. The Balaban J connectivity index is 3.02. The highest BCUT2D eigenvalue weighted by atomic mass is 127. The third-order valence-corrected chi connectivity index (χ3v) is 3.41. The molecule has 0 fully saturated rings. The third kappa shape index (κ3) is 2.66. The summed E-state index contributed by atoms with van der Waals surface area (Å²) >= 11 is 2.35. The minimum Gasteiger partial charge on any atom is -0.260 e. The van der Waals surface area contributed by atoms with E-state index in [2.05, 4.69) is 61.3 Å². The van der Waals surface area contributed by atoms with Crippen LogP contribution in [0.4, 0.5) is 0 Å². The van der Waals surface area contributed by atoms with Gasteiger partial charge in [-0.2, -0.15) is 0 Å². The first-order valence-electron chi connectivity index (χ1n) is 4.53. The van der Waals surface area contributed by atoms with Crippen LogP contribution in [0.15, 0.2) is 18.3 Å². The van der Waals surface area contributed by atoms with E-state index >= 15 is 0 Å². The second-order valence-corrected chi connectivity index (χ2v) is 5.62. The molecule has 1 rings (SSSR count). The lowest BCUT2D eigenvalue weighted by molar-refractivity contribution is 0.333. The van der Waals surface area contributed by atoms with Crippen molar-refractivity contribution in [2.24, 2.45) is 5.41 Å². The molecule has 1 aromatic heterocycles. The molecule has 1 unspecified atom stereocenters. The minimum atomic E-state index is 0.286. The van der Waals surface area contributed by atoms with Crippen molar-refractivity contribution in [3.63, 3.8) is 0 Å². The van der Waals surface area contributed by atoms with Crippen molar-refractivity contribution < 1.29 is 0 Å². The molecule has 0 spiro atoms. The van der Waals surface area contributed by atoms with Gasteiger partial charge in [0.05, 0.1) is 5.69 Å². The van der Waals surface area contributed by atoms with Gasteiger partial charge in [-0.1, -0.05) is 27.7 Å². The fourth-order valence-electron chi connectivity index (χ4n) is 1.13. The number of aromatic nitrogens is 1. The summed E-state index contributed by atoms with van der Waals surface area (Å²) in [7, 11) is 0. The first kappa shape index (κ1) is 11.0. The van der Waals surface area contributed by atoms with E-state index in [0.29, 0.717) is 5.92 Å². The Morgan fingerprint density at radius 1 is 1.38 bits per heavy atom. The molecule has 1 nitrogen and oxygen atoms in total. The molecule has 0 saturated carbocycles. The SMILES string of the molecule is CC(c1ncccc1I)C(C)(C)C.